The smallest absolute Gasteiger partial charge is 0.0542 e. The van der Waals surface area contributed by atoms with Crippen LogP contribution in [0.15, 0.2) is 0 Å². The normalized spacial score (nSPS) is 19.6. The molecule has 94 valence electrons. The third-order valence-corrected chi connectivity index (χ3v) is 3.63. The van der Waals surface area contributed by atoms with Crippen molar-refractivity contribution in [1.82, 2.24) is 5.32 Å². The largest absolute Gasteiger partial charge is 0.384 e. The lowest BCUT2D eigenvalue weighted by Crippen LogP contribution is -2.28. The van der Waals surface area contributed by atoms with Crippen LogP contribution in [0.25, 0.3) is 0 Å². The molecule has 1 aliphatic rings. The molecular formula is C13H26N2O. The Balaban J connectivity index is 2.21. The van der Waals surface area contributed by atoms with Crippen LogP contribution in [-0.2, 0) is 4.74 Å². The minimum absolute atomic E-state index is 0.340. The molecule has 2 N–H and O–H groups in total. The van der Waals surface area contributed by atoms with Crippen molar-refractivity contribution in [2.45, 2.75) is 39.0 Å². The first-order chi connectivity index (χ1) is 7.77. The van der Waals surface area contributed by atoms with Gasteiger partial charge in [0.1, 0.15) is 0 Å². The molecule has 1 rings (SSSR count). The quantitative estimate of drug-likeness (QED) is 0.655. The molecule has 0 aromatic rings. The molecule has 0 radical (unpaired) electrons. The van der Waals surface area contributed by atoms with Crippen molar-refractivity contribution in [3.8, 4) is 0 Å². The van der Waals surface area contributed by atoms with E-state index >= 15 is 0 Å². The van der Waals surface area contributed by atoms with E-state index in [-0.39, 0.29) is 0 Å². The molecule has 0 aromatic heterocycles. The molecule has 16 heavy (non-hydrogen) atoms. The van der Waals surface area contributed by atoms with Crippen LogP contribution in [-0.4, -0.2) is 32.5 Å². The highest BCUT2D eigenvalue weighted by Crippen LogP contribution is 2.20. The second-order valence-electron chi connectivity index (χ2n) is 4.82. The zero-order valence-corrected chi connectivity index (χ0v) is 10.7. The molecule has 3 nitrogen and oxygen atoms in total. The van der Waals surface area contributed by atoms with Crippen LogP contribution in [0.4, 0.5) is 0 Å². The molecule has 0 aliphatic carbocycles. The van der Waals surface area contributed by atoms with Gasteiger partial charge in [-0.1, -0.05) is 6.92 Å². The van der Waals surface area contributed by atoms with Gasteiger partial charge in [0.25, 0.3) is 0 Å². The molecule has 1 saturated heterocycles. The number of hydrogen-bond donors (Lipinski definition) is 2. The third kappa shape index (κ3) is 4.62. The molecule has 3 heteroatoms. The second-order valence-corrected chi connectivity index (χ2v) is 4.82. The van der Waals surface area contributed by atoms with Gasteiger partial charge in [-0.05, 0) is 51.1 Å². The van der Waals surface area contributed by atoms with E-state index in [9.17, 15) is 0 Å². The van der Waals surface area contributed by atoms with E-state index in [2.05, 4.69) is 12.2 Å². The van der Waals surface area contributed by atoms with Gasteiger partial charge >= 0.3 is 0 Å². The number of methoxy groups -OCH3 is 1. The van der Waals surface area contributed by atoms with Crippen LogP contribution in [0.2, 0.25) is 0 Å². The van der Waals surface area contributed by atoms with Gasteiger partial charge in [-0.15, -0.1) is 0 Å². The van der Waals surface area contributed by atoms with E-state index in [1.807, 2.05) is 0 Å². The summed E-state index contributed by atoms with van der Waals surface area (Å²) in [5.74, 6) is 1.17. The van der Waals surface area contributed by atoms with Gasteiger partial charge in [-0.2, -0.15) is 0 Å². The highest BCUT2D eigenvalue weighted by Gasteiger charge is 2.16. The molecule has 1 fully saturated rings. The van der Waals surface area contributed by atoms with Gasteiger partial charge in [-0.3, -0.25) is 0 Å². The maximum absolute atomic E-state index is 8.07. The predicted octanol–water partition coefficient (Wildman–Crippen LogP) is 2.46. The molecule has 1 aliphatic heterocycles. The number of nitrogens with one attached hydrogen (secondary N) is 2. The lowest BCUT2D eigenvalue weighted by molar-refractivity contribution is 0.173. The molecule has 0 bridgehead atoms. The van der Waals surface area contributed by atoms with Gasteiger partial charge in [0, 0.05) is 18.7 Å². The Morgan fingerprint density at radius 3 is 2.69 bits per heavy atom. The summed E-state index contributed by atoms with van der Waals surface area (Å²) < 4.78 is 5.16. The first kappa shape index (κ1) is 13.7. The summed E-state index contributed by atoms with van der Waals surface area (Å²) in [6, 6.07) is 0. The van der Waals surface area contributed by atoms with Gasteiger partial charge in [0.05, 0.1) is 6.61 Å². The first-order valence-corrected chi connectivity index (χ1v) is 6.54. The SMILES string of the molecule is CCC(COC)C(=N)CCC1CCNCC1. The van der Waals surface area contributed by atoms with Crippen molar-refractivity contribution in [3.05, 3.63) is 0 Å². The van der Waals surface area contributed by atoms with E-state index in [0.717, 1.165) is 37.6 Å². The number of piperidine rings is 1. The van der Waals surface area contributed by atoms with Crippen LogP contribution in [0.3, 0.4) is 0 Å². The Morgan fingerprint density at radius 1 is 1.44 bits per heavy atom. The van der Waals surface area contributed by atoms with E-state index in [1.54, 1.807) is 7.11 Å². The van der Waals surface area contributed by atoms with E-state index in [0.29, 0.717) is 12.5 Å². The van der Waals surface area contributed by atoms with Gasteiger partial charge in [0.15, 0.2) is 0 Å². The molecule has 0 aromatic carbocycles. The fourth-order valence-corrected chi connectivity index (χ4v) is 2.40. The molecule has 0 saturated carbocycles. The van der Waals surface area contributed by atoms with Crippen LogP contribution >= 0.6 is 0 Å². The fourth-order valence-electron chi connectivity index (χ4n) is 2.40. The van der Waals surface area contributed by atoms with E-state index < -0.39 is 0 Å². The summed E-state index contributed by atoms with van der Waals surface area (Å²) in [7, 11) is 1.72. The minimum Gasteiger partial charge on any atom is -0.384 e. The van der Waals surface area contributed by atoms with E-state index in [1.165, 1.54) is 19.3 Å². The molecule has 1 unspecified atom stereocenters. The van der Waals surface area contributed by atoms with Crippen LogP contribution in [0.5, 0.6) is 0 Å². The van der Waals surface area contributed by atoms with Crippen LogP contribution in [0, 0.1) is 17.2 Å². The number of rotatable bonds is 7. The highest BCUT2D eigenvalue weighted by atomic mass is 16.5. The second kappa shape index (κ2) is 7.80. The standard InChI is InChI=1S/C13H26N2O/c1-3-12(10-16-2)13(14)5-4-11-6-8-15-9-7-11/h11-12,14-15H,3-10H2,1-2H3. The van der Waals surface area contributed by atoms with Gasteiger partial charge in [0.2, 0.25) is 0 Å². The van der Waals surface area contributed by atoms with Crippen molar-refractivity contribution in [2.24, 2.45) is 11.8 Å². The summed E-state index contributed by atoms with van der Waals surface area (Å²) in [5.41, 5.74) is 0.892. The third-order valence-electron chi connectivity index (χ3n) is 3.63. The molecular weight excluding hydrogens is 200 g/mol. The lowest BCUT2D eigenvalue weighted by Gasteiger charge is -2.23. The van der Waals surface area contributed by atoms with Crippen molar-refractivity contribution < 1.29 is 4.74 Å². The van der Waals surface area contributed by atoms with Crippen molar-refractivity contribution in [1.29, 1.82) is 5.41 Å². The Hall–Kier alpha value is -0.410. The topological polar surface area (TPSA) is 45.1 Å². The lowest BCUT2D eigenvalue weighted by atomic mass is 9.89. The summed E-state index contributed by atoms with van der Waals surface area (Å²) in [5, 5.41) is 11.5. The predicted molar refractivity (Wildman–Crippen MR) is 68.2 cm³/mol. The monoisotopic (exact) mass is 226 g/mol. The summed E-state index contributed by atoms with van der Waals surface area (Å²) in [6.07, 6.45) is 5.76. The highest BCUT2D eigenvalue weighted by molar-refractivity contribution is 5.83. The van der Waals surface area contributed by atoms with E-state index in [4.69, 9.17) is 10.1 Å². The Bertz CT molecular complexity index is 200. The first-order valence-electron chi connectivity index (χ1n) is 6.54. The molecule has 1 atom stereocenters. The van der Waals surface area contributed by atoms with Crippen molar-refractivity contribution in [2.75, 3.05) is 26.8 Å². The Labute approximate surface area is 99.5 Å². The van der Waals surface area contributed by atoms with Crippen molar-refractivity contribution >= 4 is 5.71 Å². The van der Waals surface area contributed by atoms with Crippen LogP contribution < -0.4 is 5.32 Å². The Kier molecular flexibility index (Phi) is 6.65. The van der Waals surface area contributed by atoms with Gasteiger partial charge < -0.3 is 15.5 Å². The maximum Gasteiger partial charge on any atom is 0.0542 e. The Morgan fingerprint density at radius 2 is 2.12 bits per heavy atom. The van der Waals surface area contributed by atoms with Crippen LogP contribution in [0.1, 0.15) is 39.0 Å². The maximum atomic E-state index is 8.07. The summed E-state index contributed by atoms with van der Waals surface area (Å²) in [4.78, 5) is 0. The van der Waals surface area contributed by atoms with Crippen molar-refractivity contribution in [3.63, 3.8) is 0 Å². The average molecular weight is 226 g/mol. The minimum atomic E-state index is 0.340. The summed E-state index contributed by atoms with van der Waals surface area (Å²) >= 11 is 0. The molecule has 0 spiro atoms. The molecule has 0 amide bonds. The molecule has 1 heterocycles. The summed E-state index contributed by atoms with van der Waals surface area (Å²) in [6.45, 7) is 5.17. The number of hydrogen-bond acceptors (Lipinski definition) is 3. The zero-order valence-electron chi connectivity index (χ0n) is 10.7. The number of ether oxygens (including phenoxy) is 1. The fraction of sp³-hybridized carbons (Fsp3) is 0.923. The zero-order chi connectivity index (χ0) is 11.8. The average Bonchev–Trinajstić information content (AvgIpc) is 2.34. The van der Waals surface area contributed by atoms with Gasteiger partial charge in [-0.25, -0.2) is 0 Å².